The van der Waals surface area contributed by atoms with Crippen LogP contribution in [0.4, 0.5) is 8.78 Å². The lowest BCUT2D eigenvalue weighted by atomic mass is 10.2. The van der Waals surface area contributed by atoms with E-state index in [1.807, 2.05) is 0 Å². The molecule has 2 rings (SSSR count). The zero-order valence-corrected chi connectivity index (χ0v) is 9.33. The normalized spacial score (nSPS) is 14.5. The number of hydrogen-bond acceptors (Lipinski definition) is 1. The minimum absolute atomic E-state index is 0.168. The van der Waals surface area contributed by atoms with Crippen LogP contribution in [0.1, 0.15) is 18.4 Å². The Morgan fingerprint density at radius 3 is 2.71 bits per heavy atom. The predicted octanol–water partition coefficient (Wildman–Crippen LogP) is 2.64. The number of amides is 1. The second kappa shape index (κ2) is 4.65. The number of carbonyl (C=O) groups is 1. The van der Waals surface area contributed by atoms with Crippen LogP contribution in [0.25, 0.3) is 0 Å². The highest BCUT2D eigenvalue weighted by Gasteiger charge is 2.31. The van der Waals surface area contributed by atoms with Crippen molar-refractivity contribution in [2.45, 2.75) is 25.4 Å². The topological polar surface area (TPSA) is 20.3 Å². The fraction of sp³-hybridized carbons (Fsp3) is 0.308. The minimum Gasteiger partial charge on any atom is -0.332 e. The first-order valence-electron chi connectivity index (χ1n) is 5.49. The monoisotopic (exact) mass is 237 g/mol. The van der Waals surface area contributed by atoms with E-state index in [0.717, 1.165) is 18.9 Å². The highest BCUT2D eigenvalue weighted by molar-refractivity contribution is 5.87. The van der Waals surface area contributed by atoms with E-state index in [2.05, 4.69) is 6.58 Å². The van der Waals surface area contributed by atoms with Gasteiger partial charge in [0.1, 0.15) is 11.6 Å². The Kier molecular flexibility index (Phi) is 3.22. The Bertz CT molecular complexity index is 455. The molecular formula is C13H13F2NO. The molecule has 0 aromatic heterocycles. The summed E-state index contributed by atoms with van der Waals surface area (Å²) in [6.07, 6.45) is 3.09. The molecule has 1 amide bonds. The van der Waals surface area contributed by atoms with Gasteiger partial charge < -0.3 is 4.90 Å². The first kappa shape index (κ1) is 11.8. The van der Waals surface area contributed by atoms with E-state index in [-0.39, 0.29) is 18.5 Å². The van der Waals surface area contributed by atoms with Crippen LogP contribution < -0.4 is 0 Å². The molecule has 4 heteroatoms. The first-order valence-corrected chi connectivity index (χ1v) is 5.49. The van der Waals surface area contributed by atoms with Gasteiger partial charge in [0.25, 0.3) is 0 Å². The van der Waals surface area contributed by atoms with Crippen LogP contribution in [-0.2, 0) is 11.3 Å². The maximum absolute atomic E-state index is 13.5. The summed E-state index contributed by atoms with van der Waals surface area (Å²) in [5.41, 5.74) is 0.327. The van der Waals surface area contributed by atoms with Crippen molar-refractivity contribution in [1.29, 1.82) is 0 Å². The maximum atomic E-state index is 13.5. The molecule has 0 bridgehead atoms. The van der Waals surface area contributed by atoms with E-state index in [0.29, 0.717) is 5.56 Å². The summed E-state index contributed by atoms with van der Waals surface area (Å²) in [5.74, 6) is -1.44. The third-order valence-electron chi connectivity index (χ3n) is 2.80. The van der Waals surface area contributed by atoms with Crippen molar-refractivity contribution in [3.8, 4) is 0 Å². The van der Waals surface area contributed by atoms with Gasteiger partial charge in [0.2, 0.25) is 5.91 Å². The third-order valence-corrected chi connectivity index (χ3v) is 2.80. The molecule has 2 nitrogen and oxygen atoms in total. The molecule has 0 heterocycles. The minimum atomic E-state index is -0.618. The van der Waals surface area contributed by atoms with Crippen molar-refractivity contribution >= 4 is 5.91 Å². The fourth-order valence-corrected chi connectivity index (χ4v) is 1.72. The molecule has 1 aromatic carbocycles. The van der Waals surface area contributed by atoms with Gasteiger partial charge in [-0.2, -0.15) is 0 Å². The average Bonchev–Trinajstić information content (AvgIpc) is 3.11. The molecule has 1 aromatic rings. The molecule has 17 heavy (non-hydrogen) atoms. The van der Waals surface area contributed by atoms with Gasteiger partial charge in [-0.15, -0.1) is 0 Å². The molecule has 0 aliphatic heterocycles. The number of carbonyl (C=O) groups excluding carboxylic acids is 1. The second-order valence-electron chi connectivity index (χ2n) is 4.14. The molecule has 1 aliphatic rings. The molecule has 0 atom stereocenters. The van der Waals surface area contributed by atoms with Crippen LogP contribution in [0, 0.1) is 11.6 Å². The molecule has 0 unspecified atom stereocenters. The van der Waals surface area contributed by atoms with E-state index in [1.165, 1.54) is 18.2 Å². The van der Waals surface area contributed by atoms with Crippen molar-refractivity contribution < 1.29 is 13.6 Å². The van der Waals surface area contributed by atoms with Gasteiger partial charge in [0, 0.05) is 24.2 Å². The SMILES string of the molecule is C=CC(=O)N(Cc1ccc(F)cc1F)C1CC1. The highest BCUT2D eigenvalue weighted by Crippen LogP contribution is 2.29. The molecule has 1 saturated carbocycles. The Hall–Kier alpha value is -1.71. The van der Waals surface area contributed by atoms with E-state index >= 15 is 0 Å². The van der Waals surface area contributed by atoms with Gasteiger partial charge in [-0.05, 0) is 25.0 Å². The van der Waals surface area contributed by atoms with Gasteiger partial charge in [-0.1, -0.05) is 12.6 Å². The van der Waals surface area contributed by atoms with Crippen LogP contribution in [0.2, 0.25) is 0 Å². The first-order chi connectivity index (χ1) is 8.11. The lowest BCUT2D eigenvalue weighted by Crippen LogP contribution is -2.31. The van der Waals surface area contributed by atoms with E-state index in [4.69, 9.17) is 0 Å². The molecule has 0 N–H and O–H groups in total. The van der Waals surface area contributed by atoms with Crippen molar-refractivity contribution in [3.05, 3.63) is 48.1 Å². The number of benzene rings is 1. The Labute approximate surface area is 98.5 Å². The van der Waals surface area contributed by atoms with Crippen LogP contribution in [0.5, 0.6) is 0 Å². The predicted molar refractivity (Wildman–Crippen MR) is 60.1 cm³/mol. The Morgan fingerprint density at radius 1 is 1.47 bits per heavy atom. The van der Waals surface area contributed by atoms with Gasteiger partial charge in [0.15, 0.2) is 0 Å². The van der Waals surface area contributed by atoms with Crippen LogP contribution >= 0.6 is 0 Å². The highest BCUT2D eigenvalue weighted by atomic mass is 19.1. The van der Waals surface area contributed by atoms with Crippen LogP contribution in [0.3, 0.4) is 0 Å². The van der Waals surface area contributed by atoms with Gasteiger partial charge in [-0.3, -0.25) is 4.79 Å². The fourth-order valence-electron chi connectivity index (χ4n) is 1.72. The Morgan fingerprint density at radius 2 is 2.18 bits per heavy atom. The quantitative estimate of drug-likeness (QED) is 0.737. The van der Waals surface area contributed by atoms with Crippen molar-refractivity contribution in [2.24, 2.45) is 0 Å². The number of nitrogens with zero attached hydrogens (tertiary/aromatic N) is 1. The van der Waals surface area contributed by atoms with E-state index < -0.39 is 11.6 Å². The Balaban J connectivity index is 2.17. The molecule has 1 fully saturated rings. The molecule has 0 radical (unpaired) electrons. The summed E-state index contributed by atoms with van der Waals surface area (Å²) in [6, 6.07) is 3.57. The van der Waals surface area contributed by atoms with Crippen LogP contribution in [-0.4, -0.2) is 16.8 Å². The third kappa shape index (κ3) is 2.70. The summed E-state index contributed by atoms with van der Waals surface area (Å²) in [7, 11) is 0. The van der Waals surface area contributed by atoms with Gasteiger partial charge in [-0.25, -0.2) is 8.78 Å². The smallest absolute Gasteiger partial charge is 0.246 e. The van der Waals surface area contributed by atoms with Crippen molar-refractivity contribution in [3.63, 3.8) is 0 Å². The molecular weight excluding hydrogens is 224 g/mol. The number of rotatable bonds is 4. The van der Waals surface area contributed by atoms with Crippen molar-refractivity contribution in [2.75, 3.05) is 0 Å². The standard InChI is InChI=1S/C13H13F2NO/c1-2-13(17)16(11-5-6-11)8-9-3-4-10(14)7-12(9)15/h2-4,7,11H,1,5-6,8H2. The largest absolute Gasteiger partial charge is 0.332 e. The lowest BCUT2D eigenvalue weighted by Gasteiger charge is -2.21. The summed E-state index contributed by atoms with van der Waals surface area (Å²) in [4.78, 5) is 13.2. The van der Waals surface area contributed by atoms with Gasteiger partial charge >= 0.3 is 0 Å². The van der Waals surface area contributed by atoms with Crippen LogP contribution in [0.15, 0.2) is 30.9 Å². The summed E-state index contributed by atoms with van der Waals surface area (Å²) < 4.78 is 26.2. The maximum Gasteiger partial charge on any atom is 0.246 e. The second-order valence-corrected chi connectivity index (χ2v) is 4.14. The van der Waals surface area contributed by atoms with Gasteiger partial charge in [0.05, 0.1) is 0 Å². The number of halogens is 2. The zero-order valence-electron chi connectivity index (χ0n) is 9.33. The molecule has 90 valence electrons. The number of hydrogen-bond donors (Lipinski definition) is 0. The summed E-state index contributed by atoms with van der Waals surface area (Å²) >= 11 is 0. The molecule has 1 aliphatic carbocycles. The summed E-state index contributed by atoms with van der Waals surface area (Å²) in [5, 5.41) is 0. The van der Waals surface area contributed by atoms with E-state index in [9.17, 15) is 13.6 Å². The lowest BCUT2D eigenvalue weighted by molar-refractivity contribution is -0.127. The molecule has 0 spiro atoms. The van der Waals surface area contributed by atoms with E-state index in [1.54, 1.807) is 4.90 Å². The summed E-state index contributed by atoms with van der Waals surface area (Å²) in [6.45, 7) is 3.59. The average molecular weight is 237 g/mol. The molecule has 0 saturated heterocycles. The zero-order chi connectivity index (χ0) is 12.4. The van der Waals surface area contributed by atoms with Crippen molar-refractivity contribution in [1.82, 2.24) is 4.90 Å².